The lowest BCUT2D eigenvalue weighted by molar-refractivity contribution is -0.130. The predicted octanol–water partition coefficient (Wildman–Crippen LogP) is 6.13. The number of carbonyl (C=O) groups is 3. The standard InChI is InChI=1S/C38H66N4O7Si/c1-24(2)28(19-33(42-37(46)47)34(43)20-29(25(3)4)35(44)41-23-38(5,6)36(39)45)31(22-49-16-17-50(8,9)10)26-13-14-32-30(18-26)27(21-40-32)12-11-15-48-7/h13-14,18,21,24-25,28-29,31,33-34,40,42-43H,11-12,15-17,19-20,22-23H2,1-10H3,(H2,39,45)(H,41,44)(H,46,47). The van der Waals surface area contributed by atoms with E-state index in [1.54, 1.807) is 21.0 Å². The van der Waals surface area contributed by atoms with Gasteiger partial charge in [-0.1, -0.05) is 53.4 Å². The van der Waals surface area contributed by atoms with Crippen LogP contribution in [0.25, 0.3) is 10.9 Å². The zero-order valence-electron chi connectivity index (χ0n) is 32.2. The number of rotatable bonds is 23. The van der Waals surface area contributed by atoms with Gasteiger partial charge < -0.3 is 41.0 Å². The first kappa shape index (κ1) is 43.2. The summed E-state index contributed by atoms with van der Waals surface area (Å²) in [7, 11) is 0.381. The lowest BCUT2D eigenvalue weighted by Gasteiger charge is -2.36. The minimum absolute atomic E-state index is 0.0494. The van der Waals surface area contributed by atoms with Crippen LogP contribution < -0.4 is 16.4 Å². The quantitative estimate of drug-likeness (QED) is 0.0591. The van der Waals surface area contributed by atoms with Crippen molar-refractivity contribution in [2.75, 3.05) is 33.5 Å². The van der Waals surface area contributed by atoms with Gasteiger partial charge in [0.2, 0.25) is 11.8 Å². The number of hydrogen-bond acceptors (Lipinski definition) is 6. The van der Waals surface area contributed by atoms with E-state index in [2.05, 4.69) is 73.5 Å². The summed E-state index contributed by atoms with van der Waals surface area (Å²) in [5.74, 6) is -1.62. The smallest absolute Gasteiger partial charge is 0.404 e. The van der Waals surface area contributed by atoms with Crippen molar-refractivity contribution >= 4 is 36.9 Å². The number of aliphatic hydroxyl groups excluding tert-OH is 1. The lowest BCUT2D eigenvalue weighted by atomic mass is 9.74. The topological polar surface area (TPSA) is 176 Å². The largest absolute Gasteiger partial charge is 0.465 e. The normalized spacial score (nSPS) is 15.5. The molecule has 0 radical (unpaired) electrons. The van der Waals surface area contributed by atoms with E-state index in [9.17, 15) is 24.6 Å². The van der Waals surface area contributed by atoms with Gasteiger partial charge in [0.1, 0.15) is 0 Å². The third-order valence-corrected chi connectivity index (χ3v) is 11.7. The molecule has 1 heterocycles. The zero-order chi connectivity index (χ0) is 37.8. The average molecular weight is 719 g/mol. The van der Waals surface area contributed by atoms with Gasteiger partial charge in [-0.2, -0.15) is 0 Å². The number of aromatic amines is 1. The third-order valence-electron chi connectivity index (χ3n) is 9.99. The number of methoxy groups -OCH3 is 1. The van der Waals surface area contributed by atoms with Crippen molar-refractivity contribution in [2.45, 2.75) is 111 Å². The first-order chi connectivity index (χ1) is 23.3. The second-order valence-electron chi connectivity index (χ2n) is 16.5. The van der Waals surface area contributed by atoms with Crippen LogP contribution in [0.4, 0.5) is 4.79 Å². The van der Waals surface area contributed by atoms with Crippen molar-refractivity contribution < 1.29 is 34.1 Å². The van der Waals surface area contributed by atoms with Gasteiger partial charge in [0.25, 0.3) is 0 Å². The molecule has 2 aromatic rings. The summed E-state index contributed by atoms with van der Waals surface area (Å²) in [4.78, 5) is 40.7. The molecule has 1 aromatic carbocycles. The van der Waals surface area contributed by atoms with Gasteiger partial charge in [0.05, 0.1) is 24.2 Å². The van der Waals surface area contributed by atoms with E-state index in [4.69, 9.17) is 15.2 Å². The van der Waals surface area contributed by atoms with Crippen molar-refractivity contribution in [2.24, 2.45) is 34.8 Å². The molecule has 3 amide bonds. The number of benzene rings is 1. The Kier molecular flexibility index (Phi) is 17.0. The number of carbonyl (C=O) groups excluding carboxylic acids is 2. The Balaban J connectivity index is 2.45. The molecule has 0 bridgehead atoms. The Morgan fingerprint density at radius 1 is 1.04 bits per heavy atom. The van der Waals surface area contributed by atoms with Crippen LogP contribution >= 0.6 is 0 Å². The highest BCUT2D eigenvalue weighted by molar-refractivity contribution is 6.76. The summed E-state index contributed by atoms with van der Waals surface area (Å²) in [6.45, 7) is 20.2. The number of ether oxygens (including phenoxy) is 2. The van der Waals surface area contributed by atoms with Crippen molar-refractivity contribution in [3.63, 3.8) is 0 Å². The van der Waals surface area contributed by atoms with Crippen molar-refractivity contribution in [1.29, 1.82) is 0 Å². The van der Waals surface area contributed by atoms with Crippen molar-refractivity contribution in [1.82, 2.24) is 15.6 Å². The second kappa shape index (κ2) is 19.6. The molecule has 1 aromatic heterocycles. The van der Waals surface area contributed by atoms with Gasteiger partial charge >= 0.3 is 6.09 Å². The average Bonchev–Trinajstić information content (AvgIpc) is 3.42. The van der Waals surface area contributed by atoms with E-state index in [1.807, 2.05) is 13.8 Å². The van der Waals surface area contributed by atoms with Gasteiger partial charge in [-0.05, 0) is 86.6 Å². The number of carboxylic acid groups (broad SMARTS) is 1. The van der Waals surface area contributed by atoms with Crippen LogP contribution in [0.5, 0.6) is 0 Å². The van der Waals surface area contributed by atoms with Crippen LogP contribution in [0, 0.1) is 29.1 Å². The Hall–Kier alpha value is -2.93. The molecule has 2 rings (SSSR count). The van der Waals surface area contributed by atoms with E-state index >= 15 is 0 Å². The minimum Gasteiger partial charge on any atom is -0.465 e. The molecule has 5 unspecified atom stereocenters. The van der Waals surface area contributed by atoms with Gasteiger partial charge in [-0.25, -0.2) is 4.79 Å². The molecular formula is C38H66N4O7Si. The number of H-pyrrole nitrogens is 1. The monoisotopic (exact) mass is 718 g/mol. The molecule has 5 atom stereocenters. The van der Waals surface area contributed by atoms with E-state index in [0.29, 0.717) is 26.2 Å². The van der Waals surface area contributed by atoms with E-state index in [1.165, 1.54) is 5.56 Å². The second-order valence-corrected chi connectivity index (χ2v) is 22.1. The van der Waals surface area contributed by atoms with Crippen LogP contribution in [-0.2, 0) is 25.5 Å². The van der Waals surface area contributed by atoms with Gasteiger partial charge in [0.15, 0.2) is 0 Å². The predicted molar refractivity (Wildman–Crippen MR) is 203 cm³/mol. The lowest BCUT2D eigenvalue weighted by Crippen LogP contribution is -2.49. The number of amides is 3. The summed E-state index contributed by atoms with van der Waals surface area (Å²) in [5.41, 5.74) is 7.94. The maximum absolute atomic E-state index is 13.3. The molecule has 0 aliphatic heterocycles. The Bertz CT molecular complexity index is 1370. The molecule has 11 nitrogen and oxygen atoms in total. The molecule has 0 aliphatic carbocycles. The summed E-state index contributed by atoms with van der Waals surface area (Å²) < 4.78 is 11.7. The highest BCUT2D eigenvalue weighted by Gasteiger charge is 2.36. The number of nitrogens with one attached hydrogen (secondary N) is 3. The number of primary amides is 1. The molecule has 0 saturated heterocycles. The van der Waals surface area contributed by atoms with Crippen molar-refractivity contribution in [3.05, 3.63) is 35.5 Å². The number of aromatic nitrogens is 1. The number of aliphatic hydroxyl groups is 1. The SMILES string of the molecule is COCCCc1c[nH]c2ccc(C(COCC[Si](C)(C)C)C(CC(NC(=O)O)C(O)CC(C(=O)NCC(C)(C)C(N)=O)C(C)C)C(C)C)cc12. The highest BCUT2D eigenvalue weighted by atomic mass is 28.3. The first-order valence-electron chi connectivity index (χ1n) is 18.2. The number of nitrogens with two attached hydrogens (primary N) is 1. The molecule has 0 spiro atoms. The minimum atomic E-state index is -1.33. The first-order valence-corrected chi connectivity index (χ1v) is 21.9. The fraction of sp³-hybridized carbons (Fsp3) is 0.711. The molecular weight excluding hydrogens is 653 g/mol. The van der Waals surface area contributed by atoms with E-state index < -0.39 is 43.6 Å². The summed E-state index contributed by atoms with van der Waals surface area (Å²) in [5, 5.41) is 28.1. The third kappa shape index (κ3) is 13.7. The van der Waals surface area contributed by atoms with Gasteiger partial charge in [-0.15, -0.1) is 0 Å². The molecule has 0 aliphatic rings. The maximum Gasteiger partial charge on any atom is 0.404 e. The molecule has 7 N–H and O–H groups in total. The van der Waals surface area contributed by atoms with Gasteiger partial charge in [0, 0.05) is 63.9 Å². The summed E-state index contributed by atoms with van der Waals surface area (Å²) in [6.07, 6.45) is 1.87. The number of hydrogen-bond donors (Lipinski definition) is 6. The molecule has 50 heavy (non-hydrogen) atoms. The van der Waals surface area contributed by atoms with E-state index in [-0.39, 0.29) is 42.5 Å². The van der Waals surface area contributed by atoms with Crippen LogP contribution in [0.1, 0.15) is 77.8 Å². The Morgan fingerprint density at radius 2 is 1.72 bits per heavy atom. The van der Waals surface area contributed by atoms with Crippen molar-refractivity contribution in [3.8, 4) is 0 Å². The van der Waals surface area contributed by atoms with Gasteiger partial charge in [-0.3, -0.25) is 9.59 Å². The molecule has 284 valence electrons. The highest BCUT2D eigenvalue weighted by Crippen LogP contribution is 2.37. The Labute approximate surface area is 300 Å². The molecule has 0 saturated carbocycles. The Morgan fingerprint density at radius 3 is 2.28 bits per heavy atom. The zero-order valence-corrected chi connectivity index (χ0v) is 33.2. The van der Waals surface area contributed by atoms with Crippen LogP contribution in [0.2, 0.25) is 25.7 Å². The van der Waals surface area contributed by atoms with E-state index in [0.717, 1.165) is 35.4 Å². The fourth-order valence-corrected chi connectivity index (χ4v) is 7.15. The fourth-order valence-electron chi connectivity index (χ4n) is 6.39. The maximum atomic E-state index is 13.3. The molecule has 0 fully saturated rings. The summed E-state index contributed by atoms with van der Waals surface area (Å²) >= 11 is 0. The number of aryl methyl sites for hydroxylation is 1. The van der Waals surface area contributed by atoms with Crippen LogP contribution in [-0.4, -0.2) is 86.8 Å². The number of fused-ring (bicyclic) bond motifs is 1. The van der Waals surface area contributed by atoms with Crippen LogP contribution in [0.3, 0.4) is 0 Å². The molecule has 12 heteroatoms. The van der Waals surface area contributed by atoms with Crippen LogP contribution in [0.15, 0.2) is 24.4 Å². The summed E-state index contributed by atoms with van der Waals surface area (Å²) in [6, 6.07) is 6.66.